The summed E-state index contributed by atoms with van der Waals surface area (Å²) in [6.45, 7) is 0. The lowest BCUT2D eigenvalue weighted by molar-refractivity contribution is 0.414. The predicted octanol–water partition coefficient (Wildman–Crippen LogP) is 4.91. The van der Waals surface area contributed by atoms with Crippen molar-refractivity contribution >= 4 is 23.1 Å². The Kier molecular flexibility index (Phi) is 4.69. The van der Waals surface area contributed by atoms with Gasteiger partial charge in [0.2, 0.25) is 0 Å². The predicted molar refractivity (Wildman–Crippen MR) is 94.0 cm³/mol. The van der Waals surface area contributed by atoms with E-state index in [0.717, 1.165) is 16.8 Å². The van der Waals surface area contributed by atoms with E-state index in [4.69, 9.17) is 21.3 Å². The van der Waals surface area contributed by atoms with Gasteiger partial charge in [-0.3, -0.25) is 0 Å². The molecule has 0 aliphatic rings. The van der Waals surface area contributed by atoms with Crippen LogP contribution in [0.15, 0.2) is 77.9 Å². The summed E-state index contributed by atoms with van der Waals surface area (Å²) in [7, 11) is 1.57. The number of nitrogens with zero attached hydrogens (tertiary/aromatic N) is 2. The number of aliphatic imine (C=N–C) groups is 1. The summed E-state index contributed by atoms with van der Waals surface area (Å²) in [5.74, 6) is 0.995. The lowest BCUT2D eigenvalue weighted by Crippen LogP contribution is -2.03. The number of aromatic nitrogens is 1. The average Bonchev–Trinajstić information content (AvgIpc) is 2.62. The van der Waals surface area contributed by atoms with Gasteiger partial charge in [-0.05, 0) is 0 Å². The van der Waals surface area contributed by atoms with Crippen molar-refractivity contribution in [1.29, 1.82) is 0 Å². The summed E-state index contributed by atoms with van der Waals surface area (Å²) in [6.07, 6.45) is 1.64. The molecule has 0 amide bonds. The largest absolute Gasteiger partial charge is 0.495 e. The number of pyridine rings is 1. The molecule has 0 fully saturated rings. The van der Waals surface area contributed by atoms with Crippen LogP contribution in [0.5, 0.6) is 5.75 Å². The van der Waals surface area contributed by atoms with Crippen molar-refractivity contribution in [3.05, 3.63) is 89.1 Å². The normalized spacial score (nSPS) is 10.2. The smallest absolute Gasteiger partial charge is 0.175 e. The van der Waals surface area contributed by atoms with Gasteiger partial charge in [0.15, 0.2) is 5.82 Å². The monoisotopic (exact) mass is 322 g/mol. The molecule has 0 bridgehead atoms. The third-order valence-electron chi connectivity index (χ3n) is 3.37. The van der Waals surface area contributed by atoms with Gasteiger partial charge in [-0.1, -0.05) is 72.3 Å². The zero-order chi connectivity index (χ0) is 16.1. The van der Waals surface area contributed by atoms with E-state index in [1.54, 1.807) is 19.4 Å². The molecule has 1 aromatic heterocycles. The second kappa shape index (κ2) is 7.07. The van der Waals surface area contributed by atoms with Gasteiger partial charge in [-0.25, -0.2) is 9.98 Å². The second-order valence-electron chi connectivity index (χ2n) is 4.84. The van der Waals surface area contributed by atoms with Crippen LogP contribution in [0.25, 0.3) is 0 Å². The number of halogens is 1. The molecule has 1 heterocycles. The molecule has 0 N–H and O–H groups in total. The van der Waals surface area contributed by atoms with Crippen LogP contribution in [0.3, 0.4) is 0 Å². The lowest BCUT2D eigenvalue weighted by atomic mass is 10.0. The fourth-order valence-electron chi connectivity index (χ4n) is 2.24. The number of ether oxygens (including phenoxy) is 1. The first kappa shape index (κ1) is 15.3. The summed E-state index contributed by atoms with van der Waals surface area (Å²) in [5.41, 5.74) is 2.81. The Morgan fingerprint density at radius 1 is 0.913 bits per heavy atom. The van der Waals surface area contributed by atoms with Crippen molar-refractivity contribution in [2.24, 2.45) is 4.99 Å². The number of hydrogen-bond donors (Lipinski definition) is 0. The van der Waals surface area contributed by atoms with E-state index < -0.39 is 0 Å². The standard InChI is InChI=1S/C19H15ClN2O/c1-23-16-12-13-21-19(17(16)20)22-18(14-8-4-2-5-9-14)15-10-6-3-7-11-15/h2-13H,1H3. The van der Waals surface area contributed by atoms with E-state index in [1.807, 2.05) is 60.7 Å². The second-order valence-corrected chi connectivity index (χ2v) is 5.22. The molecule has 0 unspecified atom stereocenters. The van der Waals surface area contributed by atoms with E-state index in [-0.39, 0.29) is 0 Å². The average molecular weight is 323 g/mol. The molecular formula is C19H15ClN2O. The van der Waals surface area contributed by atoms with Gasteiger partial charge < -0.3 is 4.74 Å². The topological polar surface area (TPSA) is 34.5 Å². The lowest BCUT2D eigenvalue weighted by Gasteiger charge is -2.09. The third kappa shape index (κ3) is 3.41. The molecular weight excluding hydrogens is 308 g/mol. The highest BCUT2D eigenvalue weighted by molar-refractivity contribution is 6.34. The SMILES string of the molecule is COc1ccnc(N=C(c2ccccc2)c2ccccc2)c1Cl. The van der Waals surface area contributed by atoms with Gasteiger partial charge in [0.05, 0.1) is 12.8 Å². The first-order valence-corrected chi connectivity index (χ1v) is 7.55. The summed E-state index contributed by atoms with van der Waals surface area (Å²) in [4.78, 5) is 8.98. The molecule has 0 saturated carbocycles. The molecule has 4 heteroatoms. The molecule has 0 aliphatic heterocycles. The molecule has 0 atom stereocenters. The number of rotatable bonds is 4. The Morgan fingerprint density at radius 2 is 1.48 bits per heavy atom. The van der Waals surface area contributed by atoms with Crippen molar-refractivity contribution in [2.45, 2.75) is 0 Å². The molecule has 0 saturated heterocycles. The van der Waals surface area contributed by atoms with E-state index in [1.165, 1.54) is 0 Å². The number of hydrogen-bond acceptors (Lipinski definition) is 3. The number of methoxy groups -OCH3 is 1. The Hall–Kier alpha value is -2.65. The molecule has 0 spiro atoms. The van der Waals surface area contributed by atoms with Crippen molar-refractivity contribution < 1.29 is 4.74 Å². The van der Waals surface area contributed by atoms with Crippen LogP contribution in [0.4, 0.5) is 5.82 Å². The van der Waals surface area contributed by atoms with E-state index in [0.29, 0.717) is 16.6 Å². The Morgan fingerprint density at radius 3 is 2.00 bits per heavy atom. The summed E-state index contributed by atoms with van der Waals surface area (Å²) >= 11 is 6.33. The Labute approximate surface area is 140 Å². The van der Waals surface area contributed by atoms with Gasteiger partial charge in [0, 0.05) is 23.4 Å². The minimum absolute atomic E-state index is 0.402. The van der Waals surface area contributed by atoms with E-state index in [2.05, 4.69) is 4.98 Å². The van der Waals surface area contributed by atoms with Crippen molar-refractivity contribution in [1.82, 2.24) is 4.98 Å². The fourth-order valence-corrected chi connectivity index (χ4v) is 2.48. The van der Waals surface area contributed by atoms with Crippen LogP contribution in [-0.2, 0) is 0 Å². The Balaban J connectivity index is 2.17. The van der Waals surface area contributed by atoms with Gasteiger partial charge in [-0.15, -0.1) is 0 Å². The van der Waals surface area contributed by atoms with Crippen LogP contribution in [0.2, 0.25) is 5.02 Å². The molecule has 3 rings (SSSR count). The van der Waals surface area contributed by atoms with Crippen molar-refractivity contribution in [2.75, 3.05) is 7.11 Å². The summed E-state index contributed by atoms with van der Waals surface area (Å²) in [6, 6.07) is 21.6. The fraction of sp³-hybridized carbons (Fsp3) is 0.0526. The van der Waals surface area contributed by atoms with Gasteiger partial charge >= 0.3 is 0 Å². The highest BCUT2D eigenvalue weighted by atomic mass is 35.5. The molecule has 2 aromatic carbocycles. The van der Waals surface area contributed by atoms with Gasteiger partial charge in [0.25, 0.3) is 0 Å². The quantitative estimate of drug-likeness (QED) is 0.639. The third-order valence-corrected chi connectivity index (χ3v) is 3.72. The molecule has 23 heavy (non-hydrogen) atoms. The van der Waals surface area contributed by atoms with Crippen molar-refractivity contribution in [3.63, 3.8) is 0 Å². The zero-order valence-corrected chi connectivity index (χ0v) is 13.4. The molecule has 0 radical (unpaired) electrons. The maximum Gasteiger partial charge on any atom is 0.175 e. The van der Waals surface area contributed by atoms with Crippen LogP contribution in [0, 0.1) is 0 Å². The first-order chi connectivity index (χ1) is 11.3. The summed E-state index contributed by atoms with van der Waals surface area (Å²) < 4.78 is 5.24. The Bertz CT molecular complexity index is 776. The zero-order valence-electron chi connectivity index (χ0n) is 12.6. The van der Waals surface area contributed by atoms with Crippen LogP contribution in [0.1, 0.15) is 11.1 Å². The molecule has 0 aliphatic carbocycles. The van der Waals surface area contributed by atoms with Crippen molar-refractivity contribution in [3.8, 4) is 5.75 Å². The highest BCUT2D eigenvalue weighted by Gasteiger charge is 2.11. The van der Waals surface area contributed by atoms with E-state index >= 15 is 0 Å². The maximum atomic E-state index is 6.33. The van der Waals surface area contributed by atoms with Gasteiger partial charge in [0.1, 0.15) is 10.8 Å². The first-order valence-electron chi connectivity index (χ1n) is 7.17. The van der Waals surface area contributed by atoms with E-state index in [9.17, 15) is 0 Å². The number of benzene rings is 2. The molecule has 114 valence electrons. The maximum absolute atomic E-state index is 6.33. The van der Waals surface area contributed by atoms with Crippen LogP contribution >= 0.6 is 11.6 Å². The highest BCUT2D eigenvalue weighted by Crippen LogP contribution is 2.32. The van der Waals surface area contributed by atoms with Gasteiger partial charge in [-0.2, -0.15) is 0 Å². The molecule has 3 nitrogen and oxygen atoms in total. The van der Waals surface area contributed by atoms with Crippen LogP contribution in [-0.4, -0.2) is 17.8 Å². The minimum Gasteiger partial charge on any atom is -0.495 e. The summed E-state index contributed by atoms with van der Waals surface area (Å²) in [5, 5.41) is 0.402. The molecule has 3 aromatic rings. The van der Waals surface area contributed by atoms with Crippen LogP contribution < -0.4 is 4.74 Å². The minimum atomic E-state index is 0.402.